The van der Waals surface area contributed by atoms with Crippen molar-refractivity contribution in [2.24, 2.45) is 4.99 Å². The van der Waals surface area contributed by atoms with Gasteiger partial charge in [-0.3, -0.25) is 4.99 Å². The molecule has 2 atom stereocenters. The van der Waals surface area contributed by atoms with Crippen molar-refractivity contribution in [2.75, 3.05) is 14.2 Å². The van der Waals surface area contributed by atoms with Gasteiger partial charge in [0.25, 0.3) is 0 Å². The Balaban J connectivity index is 1.71. The predicted octanol–water partition coefficient (Wildman–Crippen LogP) is 5.13. The molecule has 4 heteroatoms. The fourth-order valence-electron chi connectivity index (χ4n) is 4.67. The van der Waals surface area contributed by atoms with Crippen LogP contribution < -0.4 is 9.47 Å². The van der Waals surface area contributed by atoms with Crippen LogP contribution in [0.2, 0.25) is 0 Å². The quantitative estimate of drug-likeness (QED) is 0.640. The van der Waals surface area contributed by atoms with E-state index in [0.29, 0.717) is 12.0 Å². The molecule has 1 aliphatic carbocycles. The highest BCUT2D eigenvalue weighted by atomic mass is 16.5. The highest BCUT2D eigenvalue weighted by molar-refractivity contribution is 6.14. The number of para-hydroxylation sites is 1. The first kappa shape index (κ1) is 17.2. The van der Waals surface area contributed by atoms with E-state index in [2.05, 4.69) is 36.4 Å². The number of aromatic nitrogens is 1. The van der Waals surface area contributed by atoms with Crippen molar-refractivity contribution in [1.29, 1.82) is 0 Å². The number of hydrogen-bond donors (Lipinski definition) is 0. The Morgan fingerprint density at radius 2 is 1.68 bits per heavy atom. The average molecular weight is 372 g/mol. The highest BCUT2D eigenvalue weighted by Crippen LogP contribution is 2.44. The van der Waals surface area contributed by atoms with E-state index >= 15 is 0 Å². The third kappa shape index (κ3) is 2.75. The van der Waals surface area contributed by atoms with Gasteiger partial charge in [-0.25, -0.2) is 4.98 Å². The molecular weight excluding hydrogens is 348 g/mol. The summed E-state index contributed by atoms with van der Waals surface area (Å²) in [4.78, 5) is 10.1. The summed E-state index contributed by atoms with van der Waals surface area (Å²) in [6.07, 6.45) is 4.81. The number of ether oxygens (including phenoxy) is 2. The van der Waals surface area contributed by atoms with Crippen molar-refractivity contribution in [3.05, 3.63) is 65.4 Å². The van der Waals surface area contributed by atoms with Crippen molar-refractivity contribution in [2.45, 2.75) is 37.6 Å². The van der Waals surface area contributed by atoms with E-state index in [1.54, 1.807) is 14.2 Å². The number of aliphatic imine (C=N–C) groups is 1. The summed E-state index contributed by atoms with van der Waals surface area (Å²) in [5.74, 6) is 1.98. The van der Waals surface area contributed by atoms with Gasteiger partial charge >= 0.3 is 0 Å². The van der Waals surface area contributed by atoms with Gasteiger partial charge in [0.05, 0.1) is 37.2 Å². The van der Waals surface area contributed by atoms with E-state index in [-0.39, 0.29) is 0 Å². The third-order valence-corrected chi connectivity index (χ3v) is 6.08. The van der Waals surface area contributed by atoms with Crippen LogP contribution in [0.1, 0.15) is 48.4 Å². The van der Waals surface area contributed by atoms with E-state index in [1.807, 2.05) is 12.1 Å². The summed E-state index contributed by atoms with van der Waals surface area (Å²) in [5.41, 5.74) is 5.35. The predicted molar refractivity (Wildman–Crippen MR) is 112 cm³/mol. The maximum absolute atomic E-state index is 5.60. The van der Waals surface area contributed by atoms with Crippen LogP contribution in [0.25, 0.3) is 10.9 Å². The zero-order chi connectivity index (χ0) is 19.1. The molecule has 2 heterocycles. The molecule has 1 fully saturated rings. The van der Waals surface area contributed by atoms with E-state index in [4.69, 9.17) is 19.5 Å². The van der Waals surface area contributed by atoms with Gasteiger partial charge in [-0.05, 0) is 42.7 Å². The van der Waals surface area contributed by atoms with E-state index in [0.717, 1.165) is 45.8 Å². The minimum absolute atomic E-state index is 0.322. The van der Waals surface area contributed by atoms with Crippen molar-refractivity contribution in [1.82, 2.24) is 4.98 Å². The molecule has 0 saturated heterocycles. The zero-order valence-corrected chi connectivity index (χ0v) is 16.3. The van der Waals surface area contributed by atoms with Gasteiger partial charge in [-0.2, -0.15) is 0 Å². The lowest BCUT2D eigenvalue weighted by atomic mass is 9.75. The molecule has 0 amide bonds. The Morgan fingerprint density at radius 3 is 2.54 bits per heavy atom. The fourth-order valence-corrected chi connectivity index (χ4v) is 4.67. The first-order valence-electron chi connectivity index (χ1n) is 9.99. The molecule has 1 aromatic heterocycles. The van der Waals surface area contributed by atoms with Gasteiger partial charge in [-0.1, -0.05) is 37.1 Å². The van der Waals surface area contributed by atoms with Crippen molar-refractivity contribution in [3.63, 3.8) is 0 Å². The van der Waals surface area contributed by atoms with Gasteiger partial charge in [0.2, 0.25) is 0 Å². The number of nitrogens with zero attached hydrogens (tertiary/aromatic N) is 2. The monoisotopic (exact) mass is 372 g/mol. The van der Waals surface area contributed by atoms with Gasteiger partial charge in [-0.15, -0.1) is 0 Å². The topological polar surface area (TPSA) is 43.7 Å². The SMILES string of the molecule is COc1cc2c(cc1OC)C1CCCCC1N=C2c1ccc2ccccc2n1. The molecule has 3 aromatic rings. The summed E-state index contributed by atoms with van der Waals surface area (Å²) in [5, 5.41) is 1.14. The molecule has 2 unspecified atom stereocenters. The van der Waals surface area contributed by atoms with E-state index in [9.17, 15) is 0 Å². The Bertz CT molecular complexity index is 1070. The Kier molecular flexibility index (Phi) is 4.27. The second-order valence-electron chi connectivity index (χ2n) is 7.62. The van der Waals surface area contributed by atoms with Crippen LogP contribution >= 0.6 is 0 Å². The molecule has 1 saturated carbocycles. The molecule has 2 aromatic carbocycles. The van der Waals surface area contributed by atoms with Crippen LogP contribution in [-0.2, 0) is 0 Å². The van der Waals surface area contributed by atoms with Crippen molar-refractivity contribution < 1.29 is 9.47 Å². The van der Waals surface area contributed by atoms with Crippen LogP contribution in [0.3, 0.4) is 0 Å². The van der Waals surface area contributed by atoms with Crippen LogP contribution in [-0.4, -0.2) is 31.0 Å². The molecular formula is C24H24N2O2. The standard InChI is InChI=1S/C24H24N2O2/c1-27-22-13-17-16-8-4-6-10-20(16)26-24(18(17)14-23(22)28-2)21-12-11-15-7-3-5-9-19(15)25-21/h3,5,7,9,11-14,16,20H,4,6,8,10H2,1-2H3. The Labute approximate surface area is 165 Å². The van der Waals surface area contributed by atoms with Crippen molar-refractivity contribution >= 4 is 16.6 Å². The minimum atomic E-state index is 0.322. The molecule has 0 bridgehead atoms. The van der Waals surface area contributed by atoms with Crippen molar-refractivity contribution in [3.8, 4) is 11.5 Å². The van der Waals surface area contributed by atoms with Gasteiger partial charge in [0, 0.05) is 16.9 Å². The van der Waals surface area contributed by atoms with Gasteiger partial charge < -0.3 is 9.47 Å². The third-order valence-electron chi connectivity index (χ3n) is 6.08. The molecule has 0 spiro atoms. The Hall–Kier alpha value is -2.88. The largest absolute Gasteiger partial charge is 0.493 e. The highest BCUT2D eigenvalue weighted by Gasteiger charge is 2.35. The number of hydrogen-bond acceptors (Lipinski definition) is 4. The summed E-state index contributed by atoms with van der Waals surface area (Å²) in [6, 6.07) is 17.0. The zero-order valence-electron chi connectivity index (χ0n) is 16.3. The number of benzene rings is 2. The maximum atomic E-state index is 5.60. The van der Waals surface area contributed by atoms with E-state index < -0.39 is 0 Å². The first-order chi connectivity index (χ1) is 13.8. The van der Waals surface area contributed by atoms with Crippen LogP contribution in [0.15, 0.2) is 53.5 Å². The number of fused-ring (bicyclic) bond motifs is 4. The molecule has 28 heavy (non-hydrogen) atoms. The summed E-state index contributed by atoms with van der Waals surface area (Å²) in [7, 11) is 3.38. The molecule has 142 valence electrons. The lowest BCUT2D eigenvalue weighted by Gasteiger charge is -2.35. The molecule has 5 rings (SSSR count). The molecule has 0 N–H and O–H groups in total. The molecule has 2 aliphatic rings. The lowest BCUT2D eigenvalue weighted by Crippen LogP contribution is -2.30. The number of rotatable bonds is 3. The normalized spacial score (nSPS) is 20.9. The van der Waals surface area contributed by atoms with Crippen LogP contribution in [0.4, 0.5) is 0 Å². The summed E-state index contributed by atoms with van der Waals surface area (Å²) >= 11 is 0. The molecule has 0 radical (unpaired) electrons. The summed E-state index contributed by atoms with van der Waals surface area (Å²) in [6.45, 7) is 0. The minimum Gasteiger partial charge on any atom is -0.493 e. The smallest absolute Gasteiger partial charge is 0.161 e. The average Bonchev–Trinajstić information content (AvgIpc) is 2.77. The second-order valence-corrected chi connectivity index (χ2v) is 7.62. The summed E-state index contributed by atoms with van der Waals surface area (Å²) < 4.78 is 11.2. The van der Waals surface area contributed by atoms with Crippen LogP contribution in [0, 0.1) is 0 Å². The second kappa shape index (κ2) is 6.93. The fraction of sp³-hybridized carbons (Fsp3) is 0.333. The number of methoxy groups -OCH3 is 2. The molecule has 4 nitrogen and oxygen atoms in total. The molecule has 1 aliphatic heterocycles. The Morgan fingerprint density at radius 1 is 0.893 bits per heavy atom. The van der Waals surface area contributed by atoms with E-state index in [1.165, 1.54) is 24.8 Å². The number of pyridine rings is 1. The first-order valence-corrected chi connectivity index (χ1v) is 9.99. The van der Waals surface area contributed by atoms with Crippen LogP contribution in [0.5, 0.6) is 11.5 Å². The van der Waals surface area contributed by atoms with Gasteiger partial charge in [0.15, 0.2) is 11.5 Å². The lowest BCUT2D eigenvalue weighted by molar-refractivity contribution is 0.349. The maximum Gasteiger partial charge on any atom is 0.161 e. The van der Waals surface area contributed by atoms with Gasteiger partial charge in [0.1, 0.15) is 0 Å².